The molecule has 3 heteroatoms. The second-order valence-electron chi connectivity index (χ2n) is 6.68. The first kappa shape index (κ1) is 15.0. The van der Waals surface area contributed by atoms with Gasteiger partial charge >= 0.3 is 0 Å². The normalized spacial score (nSPS) is 23.5. The van der Waals surface area contributed by atoms with Crippen LogP contribution >= 0.6 is 0 Å². The van der Waals surface area contributed by atoms with Gasteiger partial charge in [-0.25, -0.2) is 0 Å². The Bertz CT molecular complexity index is 419. The SMILES string of the molecule is CCNC(Cc1cccnc1)C1(N2CCCC2)CCCC1. The van der Waals surface area contributed by atoms with E-state index in [1.54, 1.807) is 0 Å². The summed E-state index contributed by atoms with van der Waals surface area (Å²) < 4.78 is 0. The van der Waals surface area contributed by atoms with E-state index in [0.29, 0.717) is 11.6 Å². The lowest BCUT2D eigenvalue weighted by Crippen LogP contribution is -2.60. The second-order valence-corrected chi connectivity index (χ2v) is 6.68. The minimum absolute atomic E-state index is 0.391. The van der Waals surface area contributed by atoms with Gasteiger partial charge in [-0.15, -0.1) is 0 Å². The van der Waals surface area contributed by atoms with Crippen LogP contribution in [0.1, 0.15) is 51.0 Å². The van der Waals surface area contributed by atoms with Crippen molar-refractivity contribution in [3.63, 3.8) is 0 Å². The average Bonchev–Trinajstić information content (AvgIpc) is 3.20. The smallest absolute Gasteiger partial charge is 0.0365 e. The van der Waals surface area contributed by atoms with Gasteiger partial charge in [-0.3, -0.25) is 9.88 Å². The molecule has 2 fully saturated rings. The summed E-state index contributed by atoms with van der Waals surface area (Å²) in [6, 6.07) is 4.85. The monoisotopic (exact) mass is 287 g/mol. The van der Waals surface area contributed by atoms with Crippen LogP contribution in [-0.4, -0.2) is 41.1 Å². The Balaban J connectivity index is 1.82. The van der Waals surface area contributed by atoms with Crippen LogP contribution in [-0.2, 0) is 6.42 Å². The van der Waals surface area contributed by atoms with Gasteiger partial charge < -0.3 is 5.32 Å². The quantitative estimate of drug-likeness (QED) is 0.872. The Morgan fingerprint density at radius 3 is 2.62 bits per heavy atom. The standard InChI is InChI=1S/C18H29N3/c1-2-20-17(14-16-8-7-11-19-15-16)18(9-3-4-10-18)21-12-5-6-13-21/h7-8,11,15,17,20H,2-6,9-10,12-14H2,1H3. The minimum Gasteiger partial charge on any atom is -0.312 e. The average molecular weight is 287 g/mol. The first-order valence-corrected chi connectivity index (χ1v) is 8.72. The molecule has 1 aliphatic carbocycles. The molecular formula is C18H29N3. The summed E-state index contributed by atoms with van der Waals surface area (Å²) in [5.74, 6) is 0. The van der Waals surface area contributed by atoms with Gasteiger partial charge in [0.1, 0.15) is 0 Å². The molecule has 0 bridgehead atoms. The third-order valence-corrected chi connectivity index (χ3v) is 5.47. The number of hydrogen-bond acceptors (Lipinski definition) is 3. The molecular weight excluding hydrogens is 258 g/mol. The first-order chi connectivity index (χ1) is 10.3. The van der Waals surface area contributed by atoms with Crippen molar-refractivity contribution in [2.75, 3.05) is 19.6 Å². The van der Waals surface area contributed by atoms with E-state index in [1.807, 2.05) is 12.4 Å². The van der Waals surface area contributed by atoms with E-state index < -0.39 is 0 Å². The maximum absolute atomic E-state index is 4.30. The summed E-state index contributed by atoms with van der Waals surface area (Å²) in [6.07, 6.45) is 13.3. The predicted molar refractivity (Wildman–Crippen MR) is 87.4 cm³/mol. The Kier molecular flexibility index (Phi) is 4.91. The summed E-state index contributed by atoms with van der Waals surface area (Å²) in [5, 5.41) is 3.82. The Hall–Kier alpha value is -0.930. The summed E-state index contributed by atoms with van der Waals surface area (Å²) in [5.41, 5.74) is 1.76. The molecule has 2 aliphatic rings. The number of nitrogens with zero attached hydrogens (tertiary/aromatic N) is 2. The highest BCUT2D eigenvalue weighted by molar-refractivity contribution is 5.15. The van der Waals surface area contributed by atoms with Crippen LogP contribution in [0.4, 0.5) is 0 Å². The zero-order chi connectivity index (χ0) is 14.5. The zero-order valence-corrected chi connectivity index (χ0v) is 13.4. The number of nitrogens with one attached hydrogen (secondary N) is 1. The van der Waals surface area contributed by atoms with E-state index in [9.17, 15) is 0 Å². The van der Waals surface area contributed by atoms with Crippen LogP contribution in [0.2, 0.25) is 0 Å². The third kappa shape index (κ3) is 3.14. The number of pyridine rings is 1. The first-order valence-electron chi connectivity index (χ1n) is 8.72. The topological polar surface area (TPSA) is 28.2 Å². The van der Waals surface area contributed by atoms with Crippen LogP contribution in [0.5, 0.6) is 0 Å². The predicted octanol–water partition coefficient (Wildman–Crippen LogP) is 3.01. The molecule has 1 saturated carbocycles. The molecule has 1 aromatic rings. The van der Waals surface area contributed by atoms with E-state index in [-0.39, 0.29) is 0 Å². The number of likely N-dealkylation sites (tertiary alicyclic amines) is 1. The Morgan fingerprint density at radius 2 is 2.00 bits per heavy atom. The van der Waals surface area contributed by atoms with Gasteiger partial charge in [-0.1, -0.05) is 25.8 Å². The van der Waals surface area contributed by atoms with Crippen LogP contribution in [0, 0.1) is 0 Å². The molecule has 3 rings (SSSR count). The van der Waals surface area contributed by atoms with Crippen molar-refractivity contribution in [3.8, 4) is 0 Å². The highest BCUT2D eigenvalue weighted by Gasteiger charge is 2.46. The molecule has 0 amide bonds. The fraction of sp³-hybridized carbons (Fsp3) is 0.722. The lowest BCUT2D eigenvalue weighted by Gasteiger charge is -2.45. The summed E-state index contributed by atoms with van der Waals surface area (Å²) in [7, 11) is 0. The van der Waals surface area contributed by atoms with Gasteiger partial charge in [0.2, 0.25) is 0 Å². The summed E-state index contributed by atoms with van der Waals surface area (Å²) >= 11 is 0. The van der Waals surface area contributed by atoms with Crippen LogP contribution in [0.3, 0.4) is 0 Å². The van der Waals surface area contributed by atoms with Gasteiger partial charge in [0.05, 0.1) is 0 Å². The van der Waals surface area contributed by atoms with Crippen LogP contribution in [0.15, 0.2) is 24.5 Å². The van der Waals surface area contributed by atoms with Crippen LogP contribution in [0.25, 0.3) is 0 Å². The summed E-state index contributed by atoms with van der Waals surface area (Å²) in [6.45, 7) is 5.90. The number of aromatic nitrogens is 1. The Labute approximate surface area is 129 Å². The molecule has 1 atom stereocenters. The van der Waals surface area contributed by atoms with E-state index >= 15 is 0 Å². The summed E-state index contributed by atoms with van der Waals surface area (Å²) in [4.78, 5) is 7.11. The number of hydrogen-bond donors (Lipinski definition) is 1. The largest absolute Gasteiger partial charge is 0.312 e. The van der Waals surface area contributed by atoms with Gasteiger partial charge in [-0.2, -0.15) is 0 Å². The van der Waals surface area contributed by atoms with E-state index in [4.69, 9.17) is 0 Å². The second kappa shape index (κ2) is 6.89. The van der Waals surface area contributed by atoms with Crippen molar-refractivity contribution in [1.82, 2.24) is 15.2 Å². The van der Waals surface area contributed by atoms with Gasteiger partial charge in [0, 0.05) is 24.0 Å². The van der Waals surface area contributed by atoms with E-state index in [2.05, 4.69) is 34.3 Å². The van der Waals surface area contributed by atoms with Crippen molar-refractivity contribution < 1.29 is 0 Å². The molecule has 0 aromatic carbocycles. The third-order valence-electron chi connectivity index (χ3n) is 5.47. The fourth-order valence-corrected chi connectivity index (χ4v) is 4.49. The van der Waals surface area contributed by atoms with Crippen molar-refractivity contribution in [2.24, 2.45) is 0 Å². The highest BCUT2D eigenvalue weighted by Crippen LogP contribution is 2.41. The lowest BCUT2D eigenvalue weighted by molar-refractivity contribution is 0.0772. The van der Waals surface area contributed by atoms with Crippen molar-refractivity contribution in [1.29, 1.82) is 0 Å². The molecule has 1 aliphatic heterocycles. The fourth-order valence-electron chi connectivity index (χ4n) is 4.49. The zero-order valence-electron chi connectivity index (χ0n) is 13.4. The molecule has 21 heavy (non-hydrogen) atoms. The molecule has 1 unspecified atom stereocenters. The molecule has 2 heterocycles. The lowest BCUT2D eigenvalue weighted by atomic mass is 9.82. The molecule has 0 spiro atoms. The maximum Gasteiger partial charge on any atom is 0.0365 e. The minimum atomic E-state index is 0.391. The highest BCUT2D eigenvalue weighted by atomic mass is 15.2. The van der Waals surface area contributed by atoms with Crippen molar-refractivity contribution in [2.45, 2.75) is 63.5 Å². The maximum atomic E-state index is 4.30. The molecule has 1 saturated heterocycles. The molecule has 3 nitrogen and oxygen atoms in total. The van der Waals surface area contributed by atoms with Gasteiger partial charge in [0.15, 0.2) is 0 Å². The van der Waals surface area contributed by atoms with Gasteiger partial charge in [0.25, 0.3) is 0 Å². The molecule has 0 radical (unpaired) electrons. The molecule has 116 valence electrons. The Morgan fingerprint density at radius 1 is 1.24 bits per heavy atom. The molecule has 1 aromatic heterocycles. The van der Waals surface area contributed by atoms with E-state index in [0.717, 1.165) is 13.0 Å². The van der Waals surface area contributed by atoms with Crippen molar-refractivity contribution in [3.05, 3.63) is 30.1 Å². The number of likely N-dealkylation sites (N-methyl/N-ethyl adjacent to an activating group) is 1. The number of rotatable bonds is 6. The molecule has 1 N–H and O–H groups in total. The van der Waals surface area contributed by atoms with Crippen molar-refractivity contribution >= 4 is 0 Å². The van der Waals surface area contributed by atoms with E-state index in [1.165, 1.54) is 57.2 Å². The van der Waals surface area contributed by atoms with Gasteiger partial charge in [-0.05, 0) is 63.4 Å². The van der Waals surface area contributed by atoms with Crippen LogP contribution < -0.4 is 5.32 Å².